The second kappa shape index (κ2) is 8.25. The summed E-state index contributed by atoms with van der Waals surface area (Å²) in [5.41, 5.74) is 1.33. The fourth-order valence-electron chi connectivity index (χ4n) is 3.47. The van der Waals surface area contributed by atoms with Crippen molar-refractivity contribution in [3.63, 3.8) is 0 Å². The lowest BCUT2D eigenvalue weighted by Gasteiger charge is -2.17. The van der Waals surface area contributed by atoms with Crippen LogP contribution in [0.4, 0.5) is 16.2 Å². The van der Waals surface area contributed by atoms with E-state index >= 15 is 0 Å². The number of nitrogens with one attached hydrogen (secondary N) is 1. The Balaban J connectivity index is 1.51. The molecule has 2 amide bonds. The Morgan fingerprint density at radius 2 is 1.73 bits per heavy atom. The predicted molar refractivity (Wildman–Crippen MR) is 113 cm³/mol. The van der Waals surface area contributed by atoms with Crippen LogP contribution in [-0.4, -0.2) is 51.0 Å². The van der Waals surface area contributed by atoms with E-state index in [1.807, 2.05) is 0 Å². The predicted octanol–water partition coefficient (Wildman–Crippen LogP) is 3.33. The summed E-state index contributed by atoms with van der Waals surface area (Å²) < 4.78 is 32.0. The fraction of sp³-hybridized carbons (Fsp3) is 0.300. The van der Waals surface area contributed by atoms with E-state index in [1.165, 1.54) is 21.3 Å². The number of cyclic esters (lactones) is 1. The third-order valence-corrected chi connectivity index (χ3v) is 7.45. The van der Waals surface area contributed by atoms with Crippen LogP contribution in [0.5, 0.6) is 0 Å². The van der Waals surface area contributed by atoms with Crippen molar-refractivity contribution in [3.05, 3.63) is 53.1 Å². The number of carbonyl (C=O) groups is 2. The van der Waals surface area contributed by atoms with Crippen LogP contribution in [0.15, 0.2) is 47.4 Å². The molecule has 2 aliphatic heterocycles. The molecule has 0 bridgehead atoms. The molecule has 0 unspecified atom stereocenters. The number of benzene rings is 2. The second-order valence-corrected chi connectivity index (χ2v) is 9.34. The maximum Gasteiger partial charge on any atom is 0.414 e. The molecular formula is C20H20ClN3O5S. The summed E-state index contributed by atoms with van der Waals surface area (Å²) in [4.78, 5) is 25.7. The van der Waals surface area contributed by atoms with Gasteiger partial charge in [-0.1, -0.05) is 11.6 Å². The molecule has 0 spiro atoms. The van der Waals surface area contributed by atoms with Gasteiger partial charge in [0.05, 0.1) is 11.6 Å². The molecule has 2 saturated heterocycles. The summed E-state index contributed by atoms with van der Waals surface area (Å²) in [5, 5.41) is 2.81. The van der Waals surface area contributed by atoms with Gasteiger partial charge in [-0.25, -0.2) is 13.2 Å². The topological polar surface area (TPSA) is 96.0 Å². The number of ether oxygens (including phenoxy) is 1. The van der Waals surface area contributed by atoms with Gasteiger partial charge in [-0.2, -0.15) is 4.31 Å². The van der Waals surface area contributed by atoms with Gasteiger partial charge in [-0.05, 0) is 55.3 Å². The van der Waals surface area contributed by atoms with Crippen molar-refractivity contribution >= 4 is 45.0 Å². The summed E-state index contributed by atoms with van der Waals surface area (Å²) in [6.07, 6.45) is 1.22. The highest BCUT2D eigenvalue weighted by Crippen LogP contribution is 2.30. The summed E-state index contributed by atoms with van der Waals surface area (Å²) in [6.45, 7) is 1.72. The van der Waals surface area contributed by atoms with Crippen molar-refractivity contribution in [3.8, 4) is 0 Å². The molecule has 0 aliphatic carbocycles. The quantitative estimate of drug-likeness (QED) is 0.755. The highest BCUT2D eigenvalue weighted by atomic mass is 35.5. The van der Waals surface area contributed by atoms with E-state index in [2.05, 4.69) is 5.32 Å². The van der Waals surface area contributed by atoms with Gasteiger partial charge in [0.2, 0.25) is 10.0 Å². The number of amides is 2. The molecule has 4 rings (SSSR count). The van der Waals surface area contributed by atoms with Crippen LogP contribution < -0.4 is 10.2 Å². The molecule has 0 aromatic heterocycles. The summed E-state index contributed by atoms with van der Waals surface area (Å²) in [6, 6.07) is 10.9. The van der Waals surface area contributed by atoms with Crippen LogP contribution >= 0.6 is 11.6 Å². The number of rotatable bonds is 5. The minimum atomic E-state index is -3.71. The number of sulfonamides is 1. The average molecular weight is 450 g/mol. The molecule has 1 N–H and O–H groups in total. The van der Waals surface area contributed by atoms with Crippen molar-refractivity contribution in [2.75, 3.05) is 36.5 Å². The van der Waals surface area contributed by atoms with Crippen LogP contribution in [0, 0.1) is 0 Å². The normalized spacial score (nSPS) is 17.2. The molecule has 0 atom stereocenters. The van der Waals surface area contributed by atoms with E-state index in [0.717, 1.165) is 12.8 Å². The monoisotopic (exact) mass is 449 g/mol. The minimum absolute atomic E-state index is 0.0215. The molecule has 2 aromatic carbocycles. The van der Waals surface area contributed by atoms with E-state index in [-0.39, 0.29) is 9.92 Å². The third kappa shape index (κ3) is 4.00. The minimum Gasteiger partial charge on any atom is -0.447 e. The molecule has 2 aliphatic rings. The van der Waals surface area contributed by atoms with Gasteiger partial charge in [-0.15, -0.1) is 0 Å². The second-order valence-electron chi connectivity index (χ2n) is 7.02. The molecule has 2 fully saturated rings. The SMILES string of the molecule is O=C(Nc1ccc(Cl)c(S(=O)(=O)N2CCCC2)c1)c1ccc(N2CCOC2=O)cc1. The summed E-state index contributed by atoms with van der Waals surface area (Å²) in [7, 11) is -3.71. The molecule has 0 radical (unpaired) electrons. The lowest BCUT2D eigenvalue weighted by molar-refractivity contribution is 0.102. The molecule has 2 heterocycles. The Labute approximate surface area is 179 Å². The summed E-state index contributed by atoms with van der Waals surface area (Å²) >= 11 is 6.14. The molecule has 8 nitrogen and oxygen atoms in total. The van der Waals surface area contributed by atoms with E-state index in [1.54, 1.807) is 30.3 Å². The molecular weight excluding hydrogens is 430 g/mol. The van der Waals surface area contributed by atoms with Crippen LogP contribution in [0.2, 0.25) is 5.02 Å². The maximum atomic E-state index is 12.8. The first kappa shape index (κ1) is 20.6. The number of carbonyl (C=O) groups excluding carboxylic acids is 2. The number of anilines is 2. The highest BCUT2D eigenvalue weighted by Gasteiger charge is 2.29. The number of halogens is 1. The number of hydrogen-bond donors (Lipinski definition) is 1. The third-order valence-electron chi connectivity index (χ3n) is 5.07. The van der Waals surface area contributed by atoms with Gasteiger partial charge in [0.15, 0.2) is 0 Å². The smallest absolute Gasteiger partial charge is 0.414 e. The zero-order valence-corrected chi connectivity index (χ0v) is 17.6. The Morgan fingerprint density at radius 1 is 1.03 bits per heavy atom. The number of hydrogen-bond acceptors (Lipinski definition) is 5. The fourth-order valence-corrected chi connectivity index (χ4v) is 5.49. The number of nitrogens with zero attached hydrogens (tertiary/aromatic N) is 2. The molecule has 10 heteroatoms. The van der Waals surface area contributed by atoms with Crippen molar-refractivity contribution in [2.45, 2.75) is 17.7 Å². The molecule has 30 heavy (non-hydrogen) atoms. The van der Waals surface area contributed by atoms with Gasteiger partial charge >= 0.3 is 6.09 Å². The van der Waals surface area contributed by atoms with Gasteiger partial charge in [0, 0.05) is 30.0 Å². The van der Waals surface area contributed by atoms with Crippen molar-refractivity contribution in [2.24, 2.45) is 0 Å². The molecule has 0 saturated carbocycles. The standard InChI is InChI=1S/C20H20ClN3O5S/c21-17-8-5-15(13-18(17)30(27,28)23-9-1-2-10-23)22-19(25)14-3-6-16(7-4-14)24-11-12-29-20(24)26/h3-8,13H,1-2,9-12H2,(H,22,25). The van der Waals surface area contributed by atoms with Crippen molar-refractivity contribution < 1.29 is 22.7 Å². The van der Waals surface area contributed by atoms with E-state index < -0.39 is 22.0 Å². The Bertz CT molecular complexity index is 1080. The van der Waals surface area contributed by atoms with E-state index in [9.17, 15) is 18.0 Å². The lowest BCUT2D eigenvalue weighted by Crippen LogP contribution is -2.28. The van der Waals surface area contributed by atoms with Crippen LogP contribution in [0.25, 0.3) is 0 Å². The first-order chi connectivity index (χ1) is 14.4. The van der Waals surface area contributed by atoms with Crippen LogP contribution in [-0.2, 0) is 14.8 Å². The highest BCUT2D eigenvalue weighted by molar-refractivity contribution is 7.89. The first-order valence-corrected chi connectivity index (χ1v) is 11.3. The molecule has 2 aromatic rings. The zero-order chi connectivity index (χ0) is 21.3. The first-order valence-electron chi connectivity index (χ1n) is 9.52. The van der Waals surface area contributed by atoms with Gasteiger partial charge in [0.1, 0.15) is 11.5 Å². The van der Waals surface area contributed by atoms with Gasteiger partial charge < -0.3 is 10.1 Å². The van der Waals surface area contributed by atoms with Crippen molar-refractivity contribution in [1.29, 1.82) is 0 Å². The van der Waals surface area contributed by atoms with Crippen LogP contribution in [0.3, 0.4) is 0 Å². The Morgan fingerprint density at radius 3 is 2.37 bits per heavy atom. The lowest BCUT2D eigenvalue weighted by atomic mass is 10.1. The maximum absolute atomic E-state index is 12.8. The zero-order valence-electron chi connectivity index (χ0n) is 16.0. The average Bonchev–Trinajstić information content (AvgIpc) is 3.42. The van der Waals surface area contributed by atoms with Crippen LogP contribution in [0.1, 0.15) is 23.2 Å². The van der Waals surface area contributed by atoms with E-state index in [4.69, 9.17) is 16.3 Å². The Kier molecular flexibility index (Phi) is 5.68. The van der Waals surface area contributed by atoms with Crippen molar-refractivity contribution in [1.82, 2.24) is 4.31 Å². The largest absolute Gasteiger partial charge is 0.447 e. The Hall–Kier alpha value is -2.62. The molecule has 158 valence electrons. The van der Waals surface area contributed by atoms with Gasteiger partial charge in [0.25, 0.3) is 5.91 Å². The van der Waals surface area contributed by atoms with E-state index in [0.29, 0.717) is 43.2 Å². The van der Waals surface area contributed by atoms with Gasteiger partial charge in [-0.3, -0.25) is 9.69 Å². The summed E-state index contributed by atoms with van der Waals surface area (Å²) in [5.74, 6) is -0.405.